The van der Waals surface area contributed by atoms with E-state index in [2.05, 4.69) is 36.2 Å². The molecule has 4 heteroatoms. The number of fused-ring (bicyclic) bond motifs is 1. The van der Waals surface area contributed by atoms with Gasteiger partial charge >= 0.3 is 0 Å². The summed E-state index contributed by atoms with van der Waals surface area (Å²) in [4.78, 5) is 0. The number of rotatable bonds is 6. The molecule has 1 heterocycles. The first kappa shape index (κ1) is 15.7. The molecule has 2 rings (SSSR count). The van der Waals surface area contributed by atoms with Crippen molar-refractivity contribution in [1.82, 2.24) is 5.32 Å². The molecule has 4 nitrogen and oxygen atoms in total. The van der Waals surface area contributed by atoms with Crippen LogP contribution in [0.15, 0.2) is 12.1 Å². The van der Waals surface area contributed by atoms with Crippen LogP contribution in [0, 0.1) is 11.8 Å². The number of hydrogen-bond acceptors (Lipinski definition) is 4. The van der Waals surface area contributed by atoms with Crippen LogP contribution in [0.2, 0.25) is 0 Å². The Bertz CT molecular complexity index is 546. The monoisotopic (exact) mass is 288 g/mol. The molecule has 0 fully saturated rings. The van der Waals surface area contributed by atoms with Crippen molar-refractivity contribution in [2.75, 3.05) is 19.7 Å². The molecular weight excluding hydrogens is 264 g/mol. The van der Waals surface area contributed by atoms with E-state index in [0.717, 1.165) is 23.5 Å². The Morgan fingerprint density at radius 1 is 1.52 bits per heavy atom. The first-order chi connectivity index (χ1) is 10.2. The summed E-state index contributed by atoms with van der Waals surface area (Å²) >= 11 is 0. The Morgan fingerprint density at radius 3 is 3.00 bits per heavy atom. The average molecular weight is 288 g/mol. The minimum absolute atomic E-state index is 0.0113. The van der Waals surface area contributed by atoms with E-state index in [4.69, 9.17) is 15.2 Å². The smallest absolute Gasteiger partial charge is 0.124 e. The number of nitrogens with two attached hydrogens (primary N) is 1. The number of benzene rings is 1. The van der Waals surface area contributed by atoms with Gasteiger partial charge in [0.1, 0.15) is 17.6 Å². The highest BCUT2D eigenvalue weighted by molar-refractivity contribution is 5.50. The molecule has 1 aliphatic heterocycles. The van der Waals surface area contributed by atoms with Gasteiger partial charge in [-0.1, -0.05) is 5.92 Å². The van der Waals surface area contributed by atoms with Crippen molar-refractivity contribution in [2.45, 2.75) is 39.3 Å². The molecule has 0 amide bonds. The summed E-state index contributed by atoms with van der Waals surface area (Å²) in [6, 6.07) is 4.17. The Morgan fingerprint density at radius 2 is 2.33 bits per heavy atom. The minimum atomic E-state index is 0.0113. The number of nitrogens with one attached hydrogen (secondary N) is 1. The van der Waals surface area contributed by atoms with Crippen molar-refractivity contribution in [1.29, 1.82) is 0 Å². The van der Waals surface area contributed by atoms with Gasteiger partial charge < -0.3 is 15.2 Å². The average Bonchev–Trinajstić information content (AvgIpc) is 2.83. The highest BCUT2D eigenvalue weighted by Gasteiger charge is 2.24. The topological polar surface area (TPSA) is 56.5 Å². The van der Waals surface area contributed by atoms with Crippen LogP contribution in [-0.2, 0) is 6.42 Å². The second kappa shape index (κ2) is 7.35. The third-order valence-corrected chi connectivity index (χ3v) is 3.55. The molecule has 21 heavy (non-hydrogen) atoms. The van der Waals surface area contributed by atoms with E-state index in [9.17, 15) is 0 Å². The largest absolute Gasteiger partial charge is 0.494 e. The van der Waals surface area contributed by atoms with E-state index in [1.54, 1.807) is 0 Å². The highest BCUT2D eigenvalue weighted by Crippen LogP contribution is 2.37. The lowest BCUT2D eigenvalue weighted by Gasteiger charge is -2.20. The molecule has 1 aromatic rings. The first-order valence-corrected chi connectivity index (χ1v) is 7.48. The molecule has 2 atom stereocenters. The molecule has 0 saturated heterocycles. The van der Waals surface area contributed by atoms with Crippen LogP contribution in [-0.4, -0.2) is 25.8 Å². The van der Waals surface area contributed by atoms with Crippen LogP contribution in [0.1, 0.15) is 37.9 Å². The molecular formula is C17H24N2O2. The lowest BCUT2D eigenvalue weighted by atomic mass is 10.0. The fourth-order valence-electron chi connectivity index (χ4n) is 2.59. The summed E-state index contributed by atoms with van der Waals surface area (Å²) in [6.07, 6.45) is 1.15. The van der Waals surface area contributed by atoms with Crippen LogP contribution >= 0.6 is 0 Å². The molecule has 3 N–H and O–H groups in total. The molecule has 0 spiro atoms. The Kier molecular flexibility index (Phi) is 5.49. The van der Waals surface area contributed by atoms with Gasteiger partial charge in [0.2, 0.25) is 0 Å². The number of ether oxygens (including phenoxy) is 2. The van der Waals surface area contributed by atoms with Crippen molar-refractivity contribution in [3.05, 3.63) is 23.3 Å². The molecule has 114 valence electrons. The van der Waals surface area contributed by atoms with Crippen LogP contribution < -0.4 is 20.5 Å². The Hall–Kier alpha value is -1.70. The summed E-state index contributed by atoms with van der Waals surface area (Å²) < 4.78 is 11.6. The fourth-order valence-corrected chi connectivity index (χ4v) is 2.59. The summed E-state index contributed by atoms with van der Waals surface area (Å²) in [5.41, 5.74) is 8.17. The van der Waals surface area contributed by atoms with Gasteiger partial charge in [0.05, 0.1) is 13.2 Å². The predicted molar refractivity (Wildman–Crippen MR) is 84.7 cm³/mol. The molecule has 1 aromatic carbocycles. The lowest BCUT2D eigenvalue weighted by Crippen LogP contribution is -2.29. The van der Waals surface area contributed by atoms with Crippen molar-refractivity contribution in [3.8, 4) is 23.3 Å². The van der Waals surface area contributed by atoms with Crippen LogP contribution in [0.4, 0.5) is 0 Å². The molecule has 0 radical (unpaired) electrons. The maximum atomic E-state index is 5.92. The maximum Gasteiger partial charge on any atom is 0.124 e. The zero-order valence-corrected chi connectivity index (χ0v) is 13.0. The zero-order valence-electron chi connectivity index (χ0n) is 13.0. The van der Waals surface area contributed by atoms with E-state index in [-0.39, 0.29) is 12.1 Å². The quantitative estimate of drug-likeness (QED) is 0.786. The van der Waals surface area contributed by atoms with E-state index >= 15 is 0 Å². The van der Waals surface area contributed by atoms with Gasteiger partial charge in [-0.25, -0.2) is 0 Å². The molecule has 2 unspecified atom stereocenters. The second-order valence-corrected chi connectivity index (χ2v) is 5.16. The third-order valence-electron chi connectivity index (χ3n) is 3.55. The van der Waals surface area contributed by atoms with E-state index < -0.39 is 0 Å². The Labute approximate surface area is 127 Å². The van der Waals surface area contributed by atoms with Crippen LogP contribution in [0.25, 0.3) is 0 Å². The molecule has 0 aromatic heterocycles. The zero-order chi connectivity index (χ0) is 15.2. The Balaban J connectivity index is 2.30. The van der Waals surface area contributed by atoms with Crippen LogP contribution in [0.5, 0.6) is 11.5 Å². The van der Waals surface area contributed by atoms with E-state index in [1.807, 2.05) is 13.8 Å². The van der Waals surface area contributed by atoms with Gasteiger partial charge in [0.15, 0.2) is 0 Å². The maximum absolute atomic E-state index is 5.92. The van der Waals surface area contributed by atoms with Gasteiger partial charge in [-0.3, -0.25) is 5.32 Å². The normalized spacial score (nSPS) is 17.4. The predicted octanol–water partition coefficient (Wildman–Crippen LogP) is 2.02. The van der Waals surface area contributed by atoms with Gasteiger partial charge in [0, 0.05) is 30.1 Å². The first-order valence-electron chi connectivity index (χ1n) is 7.48. The molecule has 1 aliphatic rings. The molecule has 0 saturated carbocycles. The number of hydrogen-bond donors (Lipinski definition) is 2. The van der Waals surface area contributed by atoms with Gasteiger partial charge in [-0.05, 0) is 32.9 Å². The summed E-state index contributed by atoms with van der Waals surface area (Å²) in [7, 11) is 0. The summed E-state index contributed by atoms with van der Waals surface area (Å²) in [6.45, 7) is 7.63. The van der Waals surface area contributed by atoms with E-state index in [0.29, 0.717) is 19.7 Å². The van der Waals surface area contributed by atoms with Gasteiger partial charge in [-0.15, -0.1) is 5.92 Å². The fraction of sp³-hybridized carbons (Fsp3) is 0.529. The lowest BCUT2D eigenvalue weighted by molar-refractivity contribution is 0.254. The van der Waals surface area contributed by atoms with E-state index in [1.165, 1.54) is 5.56 Å². The van der Waals surface area contributed by atoms with Crippen molar-refractivity contribution in [3.63, 3.8) is 0 Å². The van der Waals surface area contributed by atoms with Crippen molar-refractivity contribution >= 4 is 0 Å². The van der Waals surface area contributed by atoms with Gasteiger partial charge in [-0.2, -0.15) is 0 Å². The molecule has 0 aliphatic carbocycles. The van der Waals surface area contributed by atoms with Gasteiger partial charge in [0.25, 0.3) is 0 Å². The summed E-state index contributed by atoms with van der Waals surface area (Å²) in [5, 5.41) is 3.35. The summed E-state index contributed by atoms with van der Waals surface area (Å²) in [5.74, 6) is 7.72. The standard InChI is InChI=1S/C17H24N2O2/c1-4-6-7-19-15(11-18)14-10-16-13(8-12(3)21-16)9-17(14)20-5-2/h9-10,12,15,19H,5,7-8,11,18H2,1-3H3. The second-order valence-electron chi connectivity index (χ2n) is 5.16. The van der Waals surface area contributed by atoms with Crippen molar-refractivity contribution in [2.24, 2.45) is 5.73 Å². The highest BCUT2D eigenvalue weighted by atomic mass is 16.5. The van der Waals surface area contributed by atoms with Crippen molar-refractivity contribution < 1.29 is 9.47 Å². The third kappa shape index (κ3) is 3.69. The molecule has 0 bridgehead atoms. The van der Waals surface area contributed by atoms with Crippen LogP contribution in [0.3, 0.4) is 0 Å². The SMILES string of the molecule is CC#CCNC(CN)c1cc2c(cc1OCC)CC(C)O2. The minimum Gasteiger partial charge on any atom is -0.494 e.